The fourth-order valence-corrected chi connectivity index (χ4v) is 3.64. The zero-order valence-electron chi connectivity index (χ0n) is 12.5. The highest BCUT2D eigenvalue weighted by Crippen LogP contribution is 2.30. The number of benzene rings is 1. The van der Waals surface area contributed by atoms with Gasteiger partial charge in [-0.2, -0.15) is 27.1 Å². The molecular weight excluding hydrogens is 358 g/mol. The van der Waals surface area contributed by atoms with Crippen molar-refractivity contribution in [3.63, 3.8) is 0 Å². The predicted molar refractivity (Wildman–Crippen MR) is 86.7 cm³/mol. The zero-order valence-corrected chi connectivity index (χ0v) is 14.1. The Morgan fingerprint density at radius 3 is 2.29 bits per heavy atom. The van der Waals surface area contributed by atoms with Crippen LogP contribution in [0.25, 0.3) is 0 Å². The van der Waals surface area contributed by atoms with Gasteiger partial charge in [0.2, 0.25) is 0 Å². The largest absolute Gasteiger partial charge is 0.398 e. The van der Waals surface area contributed by atoms with E-state index in [1.807, 2.05) is 0 Å². The smallest absolute Gasteiger partial charge is 0.296 e. The van der Waals surface area contributed by atoms with Crippen molar-refractivity contribution < 1.29 is 25.9 Å². The zero-order chi connectivity index (χ0) is 18.1. The molecule has 1 aliphatic carbocycles. The van der Waals surface area contributed by atoms with Gasteiger partial charge in [0.1, 0.15) is 4.90 Å². The number of hydrogen-bond acceptors (Lipinski definition) is 7. The lowest BCUT2D eigenvalue weighted by atomic mass is 10.0. The molecule has 0 radical (unpaired) electrons. The average Bonchev–Trinajstić information content (AvgIpc) is 2.44. The molecule has 130 valence electrons. The SMILES string of the molecule is CC1CC(N=Nc2ccc(N)c(S(=O)(=O)O)c2)=CC=C1S(=O)(=O)O. The second-order valence-corrected chi connectivity index (χ2v) is 8.02. The van der Waals surface area contributed by atoms with E-state index in [-0.39, 0.29) is 22.7 Å². The summed E-state index contributed by atoms with van der Waals surface area (Å²) in [5.41, 5.74) is 5.95. The highest BCUT2D eigenvalue weighted by molar-refractivity contribution is 7.89. The van der Waals surface area contributed by atoms with Crippen LogP contribution >= 0.6 is 0 Å². The number of nitrogens with two attached hydrogens (primary N) is 1. The standard InChI is InChI=1S/C13H15N3O6S2/c1-8-6-9(3-5-12(8)23(17,18)19)15-16-10-2-4-11(14)13(7-10)24(20,21)22/h2-5,7-8H,6,14H2,1H3,(H,17,18,19)(H,20,21,22). The van der Waals surface area contributed by atoms with Gasteiger partial charge in [-0.15, -0.1) is 0 Å². The molecule has 1 aliphatic rings. The van der Waals surface area contributed by atoms with Crippen molar-refractivity contribution in [1.82, 2.24) is 0 Å². The van der Waals surface area contributed by atoms with Crippen LogP contribution in [0.5, 0.6) is 0 Å². The third-order valence-electron chi connectivity index (χ3n) is 3.31. The number of azo groups is 1. The number of nitrogen functional groups attached to an aromatic ring is 1. The molecule has 0 amide bonds. The molecule has 0 heterocycles. The van der Waals surface area contributed by atoms with Gasteiger partial charge >= 0.3 is 0 Å². The molecule has 1 unspecified atom stereocenters. The van der Waals surface area contributed by atoms with Gasteiger partial charge < -0.3 is 5.73 Å². The van der Waals surface area contributed by atoms with E-state index < -0.39 is 31.0 Å². The van der Waals surface area contributed by atoms with E-state index in [9.17, 15) is 16.8 Å². The molecule has 4 N–H and O–H groups in total. The van der Waals surface area contributed by atoms with Crippen molar-refractivity contribution in [2.24, 2.45) is 16.1 Å². The van der Waals surface area contributed by atoms with E-state index >= 15 is 0 Å². The Morgan fingerprint density at radius 2 is 1.75 bits per heavy atom. The molecule has 0 aromatic heterocycles. The van der Waals surface area contributed by atoms with Crippen LogP contribution in [0.1, 0.15) is 13.3 Å². The van der Waals surface area contributed by atoms with Crippen LogP contribution < -0.4 is 5.73 Å². The van der Waals surface area contributed by atoms with Gasteiger partial charge in [-0.25, -0.2) is 0 Å². The lowest BCUT2D eigenvalue weighted by molar-refractivity contribution is 0.480. The summed E-state index contributed by atoms with van der Waals surface area (Å²) in [6.45, 7) is 1.61. The fourth-order valence-electron chi connectivity index (χ4n) is 2.17. The van der Waals surface area contributed by atoms with Crippen molar-refractivity contribution in [3.8, 4) is 0 Å². The predicted octanol–water partition coefficient (Wildman–Crippen LogP) is 2.29. The van der Waals surface area contributed by atoms with Crippen molar-refractivity contribution >= 4 is 31.6 Å². The molecule has 1 aromatic carbocycles. The second kappa shape index (κ2) is 6.43. The topological polar surface area (TPSA) is 159 Å². The lowest BCUT2D eigenvalue weighted by Gasteiger charge is -2.16. The van der Waals surface area contributed by atoms with Crippen LogP contribution in [-0.2, 0) is 20.2 Å². The van der Waals surface area contributed by atoms with E-state index in [4.69, 9.17) is 14.8 Å². The van der Waals surface area contributed by atoms with E-state index in [0.29, 0.717) is 5.70 Å². The van der Waals surface area contributed by atoms with E-state index in [1.54, 1.807) is 6.92 Å². The molecule has 1 aromatic rings. The maximum absolute atomic E-state index is 11.2. The van der Waals surface area contributed by atoms with Gasteiger partial charge in [-0.1, -0.05) is 6.92 Å². The van der Waals surface area contributed by atoms with Gasteiger partial charge in [0.15, 0.2) is 0 Å². The molecule has 1 atom stereocenters. The molecule has 0 spiro atoms. The summed E-state index contributed by atoms with van der Waals surface area (Å²) in [5, 5.41) is 7.77. The molecule has 0 saturated heterocycles. The molecule has 2 rings (SSSR count). The summed E-state index contributed by atoms with van der Waals surface area (Å²) < 4.78 is 62.8. The highest BCUT2D eigenvalue weighted by Gasteiger charge is 2.24. The maximum atomic E-state index is 11.2. The summed E-state index contributed by atoms with van der Waals surface area (Å²) in [7, 11) is -8.73. The molecule has 0 aliphatic heterocycles. The third-order valence-corrected chi connectivity index (χ3v) is 5.35. The minimum atomic E-state index is -4.48. The Bertz CT molecular complexity index is 961. The Balaban J connectivity index is 2.30. The number of hydrogen-bond donors (Lipinski definition) is 3. The first-order valence-corrected chi connectivity index (χ1v) is 9.53. The quantitative estimate of drug-likeness (QED) is 0.414. The highest BCUT2D eigenvalue weighted by atomic mass is 32.2. The normalized spacial score (nSPS) is 19.2. The first kappa shape index (κ1) is 18.3. The van der Waals surface area contributed by atoms with Crippen LogP contribution in [0.2, 0.25) is 0 Å². The molecular formula is C13H15N3O6S2. The minimum Gasteiger partial charge on any atom is -0.398 e. The van der Waals surface area contributed by atoms with Crippen molar-refractivity contribution in [3.05, 3.63) is 41.0 Å². The Kier molecular flexibility index (Phi) is 4.90. The van der Waals surface area contributed by atoms with E-state index in [0.717, 1.165) is 6.07 Å². The summed E-state index contributed by atoms with van der Waals surface area (Å²) >= 11 is 0. The van der Waals surface area contributed by atoms with Crippen LogP contribution in [0.15, 0.2) is 56.1 Å². The first-order valence-electron chi connectivity index (χ1n) is 6.65. The maximum Gasteiger partial charge on any atom is 0.296 e. The average molecular weight is 373 g/mol. The van der Waals surface area contributed by atoms with Crippen LogP contribution in [-0.4, -0.2) is 25.9 Å². The third kappa shape index (κ3) is 4.26. The number of rotatable bonds is 4. The van der Waals surface area contributed by atoms with E-state index in [2.05, 4.69) is 10.2 Å². The minimum absolute atomic E-state index is 0.109. The fraction of sp³-hybridized carbons (Fsp3) is 0.231. The van der Waals surface area contributed by atoms with Crippen LogP contribution in [0, 0.1) is 5.92 Å². The van der Waals surface area contributed by atoms with Crippen LogP contribution in [0.3, 0.4) is 0 Å². The first-order chi connectivity index (χ1) is 11.0. The van der Waals surface area contributed by atoms with Crippen molar-refractivity contribution in [1.29, 1.82) is 0 Å². The summed E-state index contributed by atoms with van der Waals surface area (Å²) in [5.74, 6) is -0.473. The number of allylic oxidation sites excluding steroid dienone is 4. The molecule has 0 fully saturated rings. The molecule has 0 saturated carbocycles. The van der Waals surface area contributed by atoms with Gasteiger partial charge in [0.05, 0.1) is 22.0 Å². The number of nitrogens with zero attached hydrogens (tertiary/aromatic N) is 2. The number of anilines is 1. The Labute approximate surface area is 139 Å². The molecule has 24 heavy (non-hydrogen) atoms. The van der Waals surface area contributed by atoms with Gasteiger partial charge in [0.25, 0.3) is 20.2 Å². The monoisotopic (exact) mass is 373 g/mol. The molecule has 11 heteroatoms. The van der Waals surface area contributed by atoms with Gasteiger partial charge in [-0.3, -0.25) is 9.11 Å². The molecule has 9 nitrogen and oxygen atoms in total. The summed E-state index contributed by atoms with van der Waals surface area (Å²) in [6.07, 6.45) is 2.87. The second-order valence-electron chi connectivity index (χ2n) is 5.20. The van der Waals surface area contributed by atoms with E-state index in [1.165, 1.54) is 24.3 Å². The van der Waals surface area contributed by atoms with Crippen LogP contribution in [0.4, 0.5) is 11.4 Å². The lowest BCUT2D eigenvalue weighted by Crippen LogP contribution is -2.13. The van der Waals surface area contributed by atoms with Crippen molar-refractivity contribution in [2.45, 2.75) is 18.2 Å². The Morgan fingerprint density at radius 1 is 1.08 bits per heavy atom. The van der Waals surface area contributed by atoms with Gasteiger partial charge in [0, 0.05) is 0 Å². The molecule has 0 bridgehead atoms. The Hall–Kier alpha value is -2.08. The summed E-state index contributed by atoms with van der Waals surface area (Å²) in [6, 6.07) is 3.76. The van der Waals surface area contributed by atoms with Gasteiger partial charge in [-0.05, 0) is 42.7 Å². The summed E-state index contributed by atoms with van der Waals surface area (Å²) in [4.78, 5) is -0.582. The van der Waals surface area contributed by atoms with Crippen molar-refractivity contribution in [2.75, 3.05) is 5.73 Å².